The highest BCUT2D eigenvalue weighted by atomic mass is 32.2. The van der Waals surface area contributed by atoms with Crippen LogP contribution in [0.5, 0.6) is 0 Å². The van der Waals surface area contributed by atoms with Crippen LogP contribution in [0.15, 0.2) is 29.2 Å². The number of fused-ring (bicyclic) bond motifs is 1. The van der Waals surface area contributed by atoms with E-state index in [1.165, 1.54) is 0 Å². The molecule has 5 nitrogen and oxygen atoms in total. The first-order chi connectivity index (χ1) is 11.1. The standard InChI is InChI=1S/C17H26N2O3S2/c1-13-7-9-14(10-8-13)24(21,22)18-11-5-6-15-16(12-18)19(15)23(20)17(2,3)4/h7-10,15-16H,5-6,11-12H2,1-4H3/t15-,16+,19?,23+/m0/s1. The molecule has 0 N–H and O–H groups in total. The SMILES string of the molecule is Cc1ccc(S(=O)(=O)N2CCC[C@H]3[C@@H](C2)N3[S@](=O)C(C)(C)C)cc1. The van der Waals surface area contributed by atoms with Crippen LogP contribution in [-0.2, 0) is 21.0 Å². The molecule has 134 valence electrons. The van der Waals surface area contributed by atoms with Crippen LogP contribution in [0.1, 0.15) is 39.2 Å². The van der Waals surface area contributed by atoms with Gasteiger partial charge in [0.1, 0.15) is 11.0 Å². The van der Waals surface area contributed by atoms with Crippen molar-refractivity contribution in [1.29, 1.82) is 0 Å². The van der Waals surface area contributed by atoms with Crippen LogP contribution >= 0.6 is 0 Å². The third-order valence-corrected chi connectivity index (χ3v) is 8.53. The van der Waals surface area contributed by atoms with E-state index in [1.54, 1.807) is 16.4 Å². The van der Waals surface area contributed by atoms with Crippen molar-refractivity contribution in [3.8, 4) is 0 Å². The number of hydrogen-bond donors (Lipinski definition) is 0. The molecule has 1 unspecified atom stereocenters. The molecular weight excluding hydrogens is 344 g/mol. The van der Waals surface area contributed by atoms with E-state index in [4.69, 9.17) is 0 Å². The van der Waals surface area contributed by atoms with Gasteiger partial charge in [-0.25, -0.2) is 16.9 Å². The highest BCUT2D eigenvalue weighted by Gasteiger charge is 2.55. The minimum absolute atomic E-state index is 0.0766. The highest BCUT2D eigenvalue weighted by molar-refractivity contribution is 7.89. The molecule has 2 aliphatic heterocycles. The van der Waals surface area contributed by atoms with E-state index in [2.05, 4.69) is 0 Å². The van der Waals surface area contributed by atoms with Crippen LogP contribution in [0.4, 0.5) is 0 Å². The van der Waals surface area contributed by atoms with Crippen LogP contribution in [-0.4, -0.2) is 51.2 Å². The van der Waals surface area contributed by atoms with Gasteiger partial charge in [-0.15, -0.1) is 0 Å². The van der Waals surface area contributed by atoms with Gasteiger partial charge in [0, 0.05) is 19.1 Å². The quantitative estimate of drug-likeness (QED) is 0.767. The summed E-state index contributed by atoms with van der Waals surface area (Å²) < 4.78 is 41.7. The zero-order chi connectivity index (χ0) is 17.7. The minimum atomic E-state index is -3.49. The molecule has 2 aliphatic rings. The predicted octanol–water partition coefficient (Wildman–Crippen LogP) is 2.29. The Kier molecular flexibility index (Phi) is 4.66. The van der Waals surface area contributed by atoms with Crippen molar-refractivity contribution in [3.63, 3.8) is 0 Å². The maximum absolute atomic E-state index is 12.9. The number of aryl methyl sites for hydroxylation is 1. The second-order valence-electron chi connectivity index (χ2n) is 7.67. The molecule has 0 aromatic heterocycles. The van der Waals surface area contributed by atoms with Gasteiger partial charge in [-0.2, -0.15) is 4.31 Å². The lowest BCUT2D eigenvalue weighted by atomic mass is 10.2. The summed E-state index contributed by atoms with van der Waals surface area (Å²) >= 11 is 0. The molecule has 2 heterocycles. The van der Waals surface area contributed by atoms with Gasteiger partial charge >= 0.3 is 0 Å². The van der Waals surface area contributed by atoms with Crippen molar-refractivity contribution in [2.75, 3.05) is 13.1 Å². The lowest BCUT2D eigenvalue weighted by molar-refractivity contribution is 0.399. The van der Waals surface area contributed by atoms with E-state index in [0.717, 1.165) is 18.4 Å². The number of nitrogens with zero attached hydrogens (tertiary/aromatic N) is 2. The largest absolute Gasteiger partial charge is 0.243 e. The van der Waals surface area contributed by atoms with Crippen molar-refractivity contribution in [2.24, 2.45) is 0 Å². The van der Waals surface area contributed by atoms with Gasteiger partial charge in [0.15, 0.2) is 0 Å². The average Bonchev–Trinajstić information content (AvgIpc) is 3.19. The molecule has 0 aliphatic carbocycles. The first-order valence-corrected chi connectivity index (χ1v) is 10.9. The summed E-state index contributed by atoms with van der Waals surface area (Å²) in [7, 11) is -4.57. The lowest BCUT2D eigenvalue weighted by Gasteiger charge is -2.23. The van der Waals surface area contributed by atoms with E-state index in [1.807, 2.05) is 44.1 Å². The van der Waals surface area contributed by atoms with Crippen molar-refractivity contribution < 1.29 is 12.6 Å². The number of hydrogen-bond acceptors (Lipinski definition) is 3. The first-order valence-electron chi connectivity index (χ1n) is 8.39. The maximum Gasteiger partial charge on any atom is 0.243 e. The predicted molar refractivity (Wildman–Crippen MR) is 96.5 cm³/mol. The summed E-state index contributed by atoms with van der Waals surface area (Å²) in [6, 6.07) is 7.32. The zero-order valence-corrected chi connectivity index (χ0v) is 16.4. The van der Waals surface area contributed by atoms with Gasteiger partial charge in [-0.3, -0.25) is 0 Å². The number of benzene rings is 1. The molecule has 7 heteroatoms. The minimum Gasteiger partial charge on any atom is -0.242 e. The van der Waals surface area contributed by atoms with Crippen molar-refractivity contribution in [2.45, 2.75) is 62.3 Å². The second-order valence-corrected chi connectivity index (χ2v) is 11.8. The van der Waals surface area contributed by atoms with E-state index in [0.29, 0.717) is 18.0 Å². The Morgan fingerprint density at radius 3 is 2.33 bits per heavy atom. The Morgan fingerprint density at radius 2 is 1.75 bits per heavy atom. The van der Waals surface area contributed by atoms with E-state index in [9.17, 15) is 12.6 Å². The molecule has 4 atom stereocenters. The summed E-state index contributed by atoms with van der Waals surface area (Å²) in [5, 5.41) is 0. The second kappa shape index (κ2) is 6.20. The van der Waals surface area contributed by atoms with Crippen LogP contribution in [0, 0.1) is 6.92 Å². The van der Waals surface area contributed by atoms with Crippen LogP contribution in [0.2, 0.25) is 0 Å². The molecule has 2 saturated heterocycles. The molecular formula is C17H26N2O3S2. The van der Waals surface area contributed by atoms with Gasteiger partial charge < -0.3 is 0 Å². The molecule has 1 aromatic carbocycles. The number of rotatable bonds is 3. The topological polar surface area (TPSA) is 57.5 Å². The van der Waals surface area contributed by atoms with Crippen LogP contribution in [0.3, 0.4) is 0 Å². The summed E-state index contributed by atoms with van der Waals surface area (Å²) in [6.07, 6.45) is 1.72. The van der Waals surface area contributed by atoms with Gasteiger partial charge in [0.2, 0.25) is 10.0 Å². The molecule has 2 fully saturated rings. The normalized spacial score (nSPS) is 29.6. The van der Waals surface area contributed by atoms with Crippen LogP contribution < -0.4 is 0 Å². The summed E-state index contributed by atoms with van der Waals surface area (Å²) in [4.78, 5) is 0.343. The van der Waals surface area contributed by atoms with Gasteiger partial charge in [0.25, 0.3) is 0 Å². The van der Waals surface area contributed by atoms with E-state index >= 15 is 0 Å². The van der Waals surface area contributed by atoms with E-state index < -0.39 is 21.0 Å². The summed E-state index contributed by atoms with van der Waals surface area (Å²) in [5.41, 5.74) is 1.04. The Morgan fingerprint density at radius 1 is 1.12 bits per heavy atom. The Labute approximate surface area is 147 Å². The van der Waals surface area contributed by atoms with Gasteiger partial charge in [0.05, 0.1) is 15.7 Å². The Bertz CT molecular complexity index is 738. The highest BCUT2D eigenvalue weighted by Crippen LogP contribution is 2.40. The molecule has 0 spiro atoms. The average molecular weight is 371 g/mol. The van der Waals surface area contributed by atoms with Gasteiger partial charge in [-0.05, 0) is 52.7 Å². The fourth-order valence-electron chi connectivity index (χ4n) is 3.25. The Hall–Kier alpha value is -0.760. The molecule has 0 saturated carbocycles. The molecule has 1 aromatic rings. The summed E-state index contributed by atoms with van der Waals surface area (Å²) in [6.45, 7) is 8.80. The van der Waals surface area contributed by atoms with E-state index in [-0.39, 0.29) is 16.8 Å². The molecule has 0 radical (unpaired) electrons. The zero-order valence-electron chi connectivity index (χ0n) is 14.7. The van der Waals surface area contributed by atoms with Gasteiger partial charge in [-0.1, -0.05) is 17.7 Å². The third kappa shape index (κ3) is 3.31. The lowest BCUT2D eigenvalue weighted by Crippen LogP contribution is -2.37. The third-order valence-electron chi connectivity index (χ3n) is 4.68. The monoisotopic (exact) mass is 370 g/mol. The molecule has 0 amide bonds. The molecule has 24 heavy (non-hydrogen) atoms. The fraction of sp³-hybridized carbons (Fsp3) is 0.647. The van der Waals surface area contributed by atoms with Crippen molar-refractivity contribution in [3.05, 3.63) is 29.8 Å². The fourth-order valence-corrected chi connectivity index (χ4v) is 6.27. The van der Waals surface area contributed by atoms with Crippen molar-refractivity contribution in [1.82, 2.24) is 8.61 Å². The first kappa shape index (κ1) is 18.0. The molecule has 0 bridgehead atoms. The van der Waals surface area contributed by atoms with Crippen LogP contribution in [0.25, 0.3) is 0 Å². The number of sulfonamides is 1. The van der Waals surface area contributed by atoms with Crippen molar-refractivity contribution >= 4 is 21.0 Å². The molecule has 3 rings (SSSR count). The maximum atomic E-state index is 12.9. The Balaban J connectivity index is 1.79. The summed E-state index contributed by atoms with van der Waals surface area (Å²) in [5.74, 6) is 0. The smallest absolute Gasteiger partial charge is 0.242 e.